The Morgan fingerprint density at radius 1 is 1.03 bits per heavy atom. The summed E-state index contributed by atoms with van der Waals surface area (Å²) in [6.07, 6.45) is 0. The third kappa shape index (κ3) is 4.60. The number of para-hydroxylation sites is 1. The van der Waals surface area contributed by atoms with Crippen LogP contribution in [0.2, 0.25) is 0 Å². The number of carbonyl (C=O) groups is 1. The van der Waals surface area contributed by atoms with Crippen molar-refractivity contribution in [1.82, 2.24) is 9.88 Å². The van der Waals surface area contributed by atoms with Crippen LogP contribution in [-0.2, 0) is 0 Å². The fourth-order valence-electron chi connectivity index (χ4n) is 3.94. The SMILES string of the molecule is COc1cccc2sc(N(CCN(C)C)C(=O)c3cc4c(ccc5ccccc54)oc3=O)nc12.Cl. The molecule has 2 heterocycles. The summed E-state index contributed by atoms with van der Waals surface area (Å²) in [4.78, 5) is 34.9. The third-order valence-corrected chi connectivity index (χ3v) is 6.75. The number of amides is 1. The van der Waals surface area contributed by atoms with Gasteiger partial charge in [0.05, 0.1) is 11.8 Å². The molecule has 0 aliphatic carbocycles. The van der Waals surface area contributed by atoms with Crippen LogP contribution >= 0.6 is 23.7 Å². The highest BCUT2D eigenvalue weighted by molar-refractivity contribution is 7.22. The number of nitrogens with zero attached hydrogens (tertiary/aromatic N) is 3. The van der Waals surface area contributed by atoms with E-state index < -0.39 is 11.5 Å². The first-order chi connectivity index (χ1) is 16.5. The Morgan fingerprint density at radius 2 is 1.83 bits per heavy atom. The van der Waals surface area contributed by atoms with Gasteiger partial charge in [0.15, 0.2) is 5.13 Å². The van der Waals surface area contributed by atoms with Crippen LogP contribution in [0.5, 0.6) is 5.75 Å². The molecule has 0 saturated heterocycles. The predicted molar refractivity (Wildman–Crippen MR) is 144 cm³/mol. The van der Waals surface area contributed by atoms with Crippen molar-refractivity contribution in [3.63, 3.8) is 0 Å². The maximum atomic E-state index is 13.8. The minimum atomic E-state index is -0.665. The number of rotatable bonds is 6. The number of methoxy groups -OCH3 is 1. The fourth-order valence-corrected chi connectivity index (χ4v) is 4.95. The molecule has 180 valence electrons. The van der Waals surface area contributed by atoms with E-state index in [1.165, 1.54) is 11.3 Å². The van der Waals surface area contributed by atoms with Crippen LogP contribution in [0.25, 0.3) is 32.0 Å². The standard InChI is InChI=1S/C26H23N3O4S.ClH/c1-28(2)13-14-29(26-27-23-21(32-3)9-6-10-22(23)34-26)24(30)19-15-18-17-8-5-4-7-16(17)11-12-20(18)33-25(19)31;/h4-12,15H,13-14H2,1-3H3;1H. The second kappa shape index (κ2) is 10.0. The van der Waals surface area contributed by atoms with E-state index in [1.807, 2.05) is 67.5 Å². The first-order valence-electron chi connectivity index (χ1n) is 10.8. The van der Waals surface area contributed by atoms with Crippen molar-refractivity contribution in [3.8, 4) is 5.75 Å². The van der Waals surface area contributed by atoms with Crippen LogP contribution in [0.4, 0.5) is 5.13 Å². The molecule has 1 amide bonds. The summed E-state index contributed by atoms with van der Waals surface area (Å²) in [6, 6.07) is 18.8. The topological polar surface area (TPSA) is 75.9 Å². The van der Waals surface area contributed by atoms with Crippen LogP contribution in [-0.4, -0.2) is 50.1 Å². The molecule has 7 nitrogen and oxygen atoms in total. The molecule has 0 bridgehead atoms. The Morgan fingerprint density at radius 3 is 2.60 bits per heavy atom. The summed E-state index contributed by atoms with van der Waals surface area (Å²) in [7, 11) is 5.45. The number of anilines is 1. The molecule has 0 N–H and O–H groups in total. The lowest BCUT2D eigenvalue weighted by atomic mass is 10.0. The molecule has 2 aromatic heterocycles. The largest absolute Gasteiger partial charge is 0.494 e. The zero-order valence-corrected chi connectivity index (χ0v) is 21.1. The molecule has 0 fully saturated rings. The number of hydrogen-bond acceptors (Lipinski definition) is 7. The summed E-state index contributed by atoms with van der Waals surface area (Å²) >= 11 is 1.38. The molecule has 35 heavy (non-hydrogen) atoms. The molecule has 9 heteroatoms. The van der Waals surface area contributed by atoms with E-state index in [9.17, 15) is 9.59 Å². The second-order valence-electron chi connectivity index (χ2n) is 8.21. The lowest BCUT2D eigenvalue weighted by Crippen LogP contribution is -2.38. The Balaban J connectivity index is 0.00000289. The van der Waals surface area contributed by atoms with Crippen LogP contribution in [0.3, 0.4) is 0 Å². The molecule has 0 aliphatic rings. The van der Waals surface area contributed by atoms with Crippen molar-refractivity contribution in [2.75, 3.05) is 39.2 Å². The van der Waals surface area contributed by atoms with Gasteiger partial charge in [0.1, 0.15) is 22.4 Å². The van der Waals surface area contributed by atoms with Gasteiger partial charge in [-0.3, -0.25) is 9.69 Å². The molecule has 0 aliphatic heterocycles. The number of fused-ring (bicyclic) bond motifs is 4. The smallest absolute Gasteiger partial charge is 0.349 e. The number of halogens is 1. The summed E-state index contributed by atoms with van der Waals surface area (Å²) in [5.74, 6) is 0.195. The maximum Gasteiger partial charge on any atom is 0.349 e. The van der Waals surface area contributed by atoms with E-state index in [-0.39, 0.29) is 18.0 Å². The van der Waals surface area contributed by atoms with Gasteiger partial charge in [-0.2, -0.15) is 0 Å². The van der Waals surface area contributed by atoms with Gasteiger partial charge in [-0.05, 0) is 49.1 Å². The van der Waals surface area contributed by atoms with Crippen LogP contribution in [0.15, 0.2) is 69.9 Å². The van der Waals surface area contributed by atoms with Crippen molar-refractivity contribution < 1.29 is 13.9 Å². The number of ether oxygens (including phenoxy) is 1. The minimum absolute atomic E-state index is 0. The van der Waals surface area contributed by atoms with Crippen molar-refractivity contribution in [2.24, 2.45) is 0 Å². The maximum absolute atomic E-state index is 13.8. The lowest BCUT2D eigenvalue weighted by molar-refractivity contribution is 0.0982. The number of carbonyl (C=O) groups excluding carboxylic acids is 1. The second-order valence-corrected chi connectivity index (χ2v) is 9.22. The van der Waals surface area contributed by atoms with Gasteiger partial charge >= 0.3 is 5.63 Å². The van der Waals surface area contributed by atoms with Gasteiger partial charge in [-0.15, -0.1) is 12.4 Å². The fraction of sp³-hybridized carbons (Fsp3) is 0.192. The van der Waals surface area contributed by atoms with Gasteiger partial charge in [0.25, 0.3) is 5.91 Å². The summed E-state index contributed by atoms with van der Waals surface area (Å²) in [5, 5.41) is 3.15. The molecule has 0 atom stereocenters. The van der Waals surface area contributed by atoms with E-state index in [0.717, 1.165) is 20.9 Å². The van der Waals surface area contributed by atoms with Crippen LogP contribution in [0, 0.1) is 0 Å². The number of benzene rings is 3. The van der Waals surface area contributed by atoms with Gasteiger partial charge in [-0.25, -0.2) is 9.78 Å². The molecule has 3 aromatic carbocycles. The highest BCUT2D eigenvalue weighted by atomic mass is 35.5. The van der Waals surface area contributed by atoms with Crippen LogP contribution < -0.4 is 15.3 Å². The van der Waals surface area contributed by atoms with Crippen molar-refractivity contribution in [2.45, 2.75) is 0 Å². The lowest BCUT2D eigenvalue weighted by Gasteiger charge is -2.21. The first-order valence-corrected chi connectivity index (χ1v) is 11.6. The number of hydrogen-bond donors (Lipinski definition) is 0. The molecule has 5 rings (SSSR count). The highest BCUT2D eigenvalue weighted by Gasteiger charge is 2.26. The Kier molecular flexibility index (Phi) is 7.07. The summed E-state index contributed by atoms with van der Waals surface area (Å²) in [5.41, 5.74) is 0.448. The average Bonchev–Trinajstić information content (AvgIpc) is 3.27. The van der Waals surface area contributed by atoms with Crippen molar-refractivity contribution >= 4 is 66.7 Å². The van der Waals surface area contributed by atoms with E-state index in [4.69, 9.17) is 14.1 Å². The quantitative estimate of drug-likeness (QED) is 0.231. The minimum Gasteiger partial charge on any atom is -0.494 e. The summed E-state index contributed by atoms with van der Waals surface area (Å²) < 4.78 is 11.9. The molecule has 5 aromatic rings. The molecule has 0 unspecified atom stereocenters. The summed E-state index contributed by atoms with van der Waals surface area (Å²) in [6.45, 7) is 0.960. The predicted octanol–water partition coefficient (Wildman–Crippen LogP) is 5.19. The Hall–Kier alpha value is -3.46. The molecular formula is C26H24ClN3O4S. The zero-order valence-electron chi connectivity index (χ0n) is 19.5. The van der Waals surface area contributed by atoms with E-state index in [2.05, 4.69) is 0 Å². The van der Waals surface area contributed by atoms with E-state index in [1.54, 1.807) is 24.1 Å². The molecular weight excluding hydrogens is 486 g/mol. The average molecular weight is 510 g/mol. The number of thiazole rings is 1. The third-order valence-electron chi connectivity index (χ3n) is 5.71. The molecule has 0 saturated carbocycles. The van der Waals surface area contributed by atoms with Gasteiger partial charge in [0, 0.05) is 18.5 Å². The Bertz CT molecular complexity index is 1590. The monoisotopic (exact) mass is 509 g/mol. The van der Waals surface area contributed by atoms with Gasteiger partial charge in [-0.1, -0.05) is 47.7 Å². The van der Waals surface area contributed by atoms with E-state index >= 15 is 0 Å². The highest BCUT2D eigenvalue weighted by Crippen LogP contribution is 2.34. The normalized spacial score (nSPS) is 11.2. The van der Waals surface area contributed by atoms with Crippen molar-refractivity contribution in [3.05, 3.63) is 76.6 Å². The molecule has 0 spiro atoms. The van der Waals surface area contributed by atoms with Gasteiger partial charge in [0.2, 0.25) is 0 Å². The number of aromatic nitrogens is 1. The first kappa shape index (κ1) is 24.7. The van der Waals surface area contributed by atoms with Crippen LogP contribution in [0.1, 0.15) is 10.4 Å². The Labute approximate surface area is 211 Å². The van der Waals surface area contributed by atoms with Crippen molar-refractivity contribution in [1.29, 1.82) is 0 Å². The van der Waals surface area contributed by atoms with E-state index in [0.29, 0.717) is 35.1 Å². The van der Waals surface area contributed by atoms with Gasteiger partial charge < -0.3 is 14.1 Å². The zero-order chi connectivity index (χ0) is 23.8. The number of likely N-dealkylation sites (N-methyl/N-ethyl adjacent to an activating group) is 1. The molecule has 0 radical (unpaired) electrons.